The van der Waals surface area contributed by atoms with Gasteiger partial charge in [-0.25, -0.2) is 4.79 Å². The van der Waals surface area contributed by atoms with Crippen molar-refractivity contribution in [3.8, 4) is 11.3 Å². The van der Waals surface area contributed by atoms with Gasteiger partial charge >= 0.3 is 6.03 Å². The minimum Gasteiger partial charge on any atom is -0.244 e. The zero-order chi connectivity index (χ0) is 17.9. The van der Waals surface area contributed by atoms with Crippen LogP contribution in [0.25, 0.3) is 11.3 Å². The minimum absolute atomic E-state index is 0.286. The van der Waals surface area contributed by atoms with Crippen LogP contribution in [0.15, 0.2) is 79.1 Å². The first kappa shape index (κ1) is 16.0. The maximum atomic E-state index is 12.9. The highest BCUT2D eigenvalue weighted by atomic mass is 16.2. The summed E-state index contributed by atoms with van der Waals surface area (Å²) in [6.07, 6.45) is 3.84. The molecule has 26 heavy (non-hydrogen) atoms. The lowest BCUT2D eigenvalue weighted by atomic mass is 10.0. The Labute approximate surface area is 151 Å². The fraction of sp³-hybridized carbons (Fsp3) is 0.0952. The zero-order valence-corrected chi connectivity index (χ0v) is 14.4. The summed E-state index contributed by atoms with van der Waals surface area (Å²) in [6.45, 7) is 2.01. The van der Waals surface area contributed by atoms with Gasteiger partial charge in [-0.2, -0.15) is 19.6 Å². The number of hydrogen-bond acceptors (Lipinski definition) is 3. The van der Waals surface area contributed by atoms with E-state index in [9.17, 15) is 4.79 Å². The van der Waals surface area contributed by atoms with E-state index < -0.39 is 0 Å². The van der Waals surface area contributed by atoms with E-state index in [0.717, 1.165) is 28.1 Å². The molecule has 2 aromatic heterocycles. The topological polar surface area (TPSA) is 52.7 Å². The van der Waals surface area contributed by atoms with Crippen LogP contribution in [0.3, 0.4) is 0 Å². The Morgan fingerprint density at radius 1 is 0.962 bits per heavy atom. The molecule has 0 spiro atoms. The van der Waals surface area contributed by atoms with Crippen molar-refractivity contribution >= 4 is 6.03 Å². The Balaban J connectivity index is 1.84. The van der Waals surface area contributed by atoms with Gasteiger partial charge in [0, 0.05) is 24.4 Å². The van der Waals surface area contributed by atoms with E-state index in [2.05, 4.69) is 22.3 Å². The van der Waals surface area contributed by atoms with Crippen LogP contribution >= 0.6 is 0 Å². The molecule has 2 heterocycles. The van der Waals surface area contributed by atoms with Gasteiger partial charge in [0.1, 0.15) is 0 Å². The lowest BCUT2D eigenvalue weighted by Crippen LogP contribution is -2.23. The van der Waals surface area contributed by atoms with Crippen LogP contribution in [0.4, 0.5) is 4.79 Å². The standard InChI is InChI=1S/C21H18N4O/c1-16-19(15-17-9-4-2-5-10-17)25(21(26)24-14-8-13-22-24)23-20(16)18-11-6-3-7-12-18/h2-14H,15H2,1H3. The van der Waals surface area contributed by atoms with Crippen LogP contribution < -0.4 is 0 Å². The van der Waals surface area contributed by atoms with Gasteiger partial charge in [-0.15, -0.1) is 0 Å². The van der Waals surface area contributed by atoms with Gasteiger partial charge in [0.05, 0.1) is 11.4 Å². The maximum absolute atomic E-state index is 12.9. The number of rotatable bonds is 3. The van der Waals surface area contributed by atoms with Gasteiger partial charge in [0.15, 0.2) is 0 Å². The van der Waals surface area contributed by atoms with E-state index in [4.69, 9.17) is 0 Å². The summed E-state index contributed by atoms with van der Waals surface area (Å²) in [5.74, 6) is 0. The summed E-state index contributed by atoms with van der Waals surface area (Å²) < 4.78 is 2.77. The molecule has 2 aromatic carbocycles. The summed E-state index contributed by atoms with van der Waals surface area (Å²) in [5, 5.41) is 8.70. The summed E-state index contributed by atoms with van der Waals surface area (Å²) in [4.78, 5) is 12.9. The third kappa shape index (κ3) is 2.95. The van der Waals surface area contributed by atoms with E-state index in [1.165, 1.54) is 9.36 Å². The van der Waals surface area contributed by atoms with Crippen molar-refractivity contribution in [1.29, 1.82) is 0 Å². The molecule has 0 N–H and O–H groups in total. The molecule has 5 nitrogen and oxygen atoms in total. The maximum Gasteiger partial charge on any atom is 0.369 e. The largest absolute Gasteiger partial charge is 0.369 e. The lowest BCUT2D eigenvalue weighted by Gasteiger charge is -2.07. The van der Waals surface area contributed by atoms with Crippen molar-refractivity contribution in [3.63, 3.8) is 0 Å². The molecule has 0 aliphatic rings. The van der Waals surface area contributed by atoms with Gasteiger partial charge in [-0.05, 0) is 24.1 Å². The van der Waals surface area contributed by atoms with Crippen molar-refractivity contribution < 1.29 is 4.79 Å². The quantitative estimate of drug-likeness (QED) is 0.562. The third-order valence-electron chi connectivity index (χ3n) is 4.39. The highest BCUT2D eigenvalue weighted by molar-refractivity contribution is 5.80. The van der Waals surface area contributed by atoms with E-state index in [0.29, 0.717) is 6.42 Å². The van der Waals surface area contributed by atoms with E-state index in [1.54, 1.807) is 18.5 Å². The lowest BCUT2D eigenvalue weighted by molar-refractivity contribution is 0.237. The van der Waals surface area contributed by atoms with Crippen molar-refractivity contribution in [2.24, 2.45) is 0 Å². The molecule has 0 fully saturated rings. The monoisotopic (exact) mass is 342 g/mol. The first-order valence-electron chi connectivity index (χ1n) is 8.46. The molecule has 0 radical (unpaired) electrons. The smallest absolute Gasteiger partial charge is 0.244 e. The minimum atomic E-state index is -0.286. The summed E-state index contributed by atoms with van der Waals surface area (Å²) in [7, 11) is 0. The average Bonchev–Trinajstić information content (AvgIpc) is 3.32. The zero-order valence-electron chi connectivity index (χ0n) is 14.4. The predicted molar refractivity (Wildman–Crippen MR) is 100 cm³/mol. The predicted octanol–water partition coefficient (Wildman–Crippen LogP) is 4.16. The number of aromatic nitrogens is 4. The number of carbonyl (C=O) groups is 1. The number of hydrogen-bond donors (Lipinski definition) is 0. The van der Waals surface area contributed by atoms with Crippen LogP contribution in [0, 0.1) is 6.92 Å². The van der Waals surface area contributed by atoms with Crippen LogP contribution in [0.1, 0.15) is 16.8 Å². The summed E-state index contributed by atoms with van der Waals surface area (Å²) in [6, 6.07) is 21.4. The number of carbonyl (C=O) groups excluding carboxylic acids is 1. The normalized spacial score (nSPS) is 10.8. The fourth-order valence-corrected chi connectivity index (χ4v) is 3.04. The first-order chi connectivity index (χ1) is 12.7. The van der Waals surface area contributed by atoms with Crippen LogP contribution in [0.2, 0.25) is 0 Å². The summed E-state index contributed by atoms with van der Waals surface area (Å²) >= 11 is 0. The Kier molecular flexibility index (Phi) is 4.19. The second kappa shape index (κ2) is 6.80. The second-order valence-electron chi connectivity index (χ2n) is 6.09. The van der Waals surface area contributed by atoms with Crippen LogP contribution in [-0.4, -0.2) is 25.6 Å². The average molecular weight is 342 g/mol. The van der Waals surface area contributed by atoms with Gasteiger partial charge in [-0.3, -0.25) is 0 Å². The third-order valence-corrected chi connectivity index (χ3v) is 4.39. The molecule has 0 unspecified atom stereocenters. The molecule has 0 aliphatic heterocycles. The Bertz CT molecular complexity index is 1020. The molecule has 4 aromatic rings. The second-order valence-corrected chi connectivity index (χ2v) is 6.09. The van der Waals surface area contributed by atoms with Gasteiger partial charge in [0.2, 0.25) is 0 Å². The number of benzene rings is 2. The molecule has 0 bridgehead atoms. The molecule has 0 saturated carbocycles. The molecule has 5 heteroatoms. The Morgan fingerprint density at radius 3 is 2.31 bits per heavy atom. The summed E-state index contributed by atoms with van der Waals surface area (Å²) in [5.41, 5.74) is 4.81. The van der Waals surface area contributed by atoms with E-state index in [-0.39, 0.29) is 6.03 Å². The molecular formula is C21H18N4O. The Morgan fingerprint density at radius 2 is 1.65 bits per heavy atom. The fourth-order valence-electron chi connectivity index (χ4n) is 3.04. The van der Waals surface area contributed by atoms with Gasteiger partial charge in [-0.1, -0.05) is 60.7 Å². The molecule has 4 rings (SSSR count). The highest BCUT2D eigenvalue weighted by Gasteiger charge is 2.21. The molecule has 0 atom stereocenters. The van der Waals surface area contributed by atoms with Crippen molar-refractivity contribution in [2.75, 3.05) is 0 Å². The van der Waals surface area contributed by atoms with Crippen molar-refractivity contribution in [1.82, 2.24) is 19.6 Å². The SMILES string of the molecule is Cc1c(-c2ccccc2)nn(C(=O)n2cccn2)c1Cc1ccccc1. The van der Waals surface area contributed by atoms with Crippen LogP contribution in [0.5, 0.6) is 0 Å². The van der Waals surface area contributed by atoms with Crippen molar-refractivity contribution in [3.05, 3.63) is 95.9 Å². The highest BCUT2D eigenvalue weighted by Crippen LogP contribution is 2.26. The molecule has 0 amide bonds. The first-order valence-corrected chi connectivity index (χ1v) is 8.46. The number of nitrogens with zero attached hydrogens (tertiary/aromatic N) is 4. The van der Waals surface area contributed by atoms with Crippen molar-refractivity contribution in [2.45, 2.75) is 13.3 Å². The van der Waals surface area contributed by atoms with Gasteiger partial charge in [0.25, 0.3) is 0 Å². The molecule has 0 aliphatic carbocycles. The molecule has 128 valence electrons. The van der Waals surface area contributed by atoms with Gasteiger partial charge < -0.3 is 0 Å². The molecule has 0 saturated heterocycles. The molecular weight excluding hydrogens is 324 g/mol. The van der Waals surface area contributed by atoms with E-state index in [1.807, 2.05) is 55.5 Å². The van der Waals surface area contributed by atoms with Crippen LogP contribution in [-0.2, 0) is 6.42 Å². The van der Waals surface area contributed by atoms with E-state index >= 15 is 0 Å². The Hall–Kier alpha value is -3.47.